The Hall–Kier alpha value is -1.95. The van der Waals surface area contributed by atoms with E-state index in [0.717, 1.165) is 0 Å². The number of nitrogens with zero attached hydrogens (tertiary/aromatic N) is 1. The number of rotatable bonds is 1. The zero-order chi connectivity index (χ0) is 10.3. The first kappa shape index (κ1) is 8.37. The lowest BCUT2D eigenvalue weighted by atomic mass is 10.3. The van der Waals surface area contributed by atoms with Gasteiger partial charge in [-0.05, 0) is 0 Å². The van der Waals surface area contributed by atoms with E-state index in [4.69, 9.17) is 19.7 Å². The molecule has 0 saturated carbocycles. The molecule has 1 aromatic heterocycles. The fourth-order valence-corrected chi connectivity index (χ4v) is 1.53. The summed E-state index contributed by atoms with van der Waals surface area (Å²) in [7, 11) is 0. The minimum atomic E-state index is 0.271. The number of nitrogen functional groups attached to an aromatic ring is 1. The summed E-state index contributed by atoms with van der Waals surface area (Å²) < 4.78 is 16.1. The zero-order valence-electron chi connectivity index (χ0n) is 7.82. The van der Waals surface area contributed by atoms with Crippen LogP contribution in [0, 0.1) is 0 Å². The third-order valence-corrected chi connectivity index (χ3v) is 2.18. The van der Waals surface area contributed by atoms with Gasteiger partial charge < -0.3 is 13.9 Å². The summed E-state index contributed by atoms with van der Waals surface area (Å²) in [6.45, 7) is 1.10. The number of fused-ring (bicyclic) bond motifs is 2. The van der Waals surface area contributed by atoms with Crippen LogP contribution in [0.3, 0.4) is 0 Å². The molecule has 1 aliphatic rings. The molecule has 1 aromatic carbocycles. The van der Waals surface area contributed by atoms with Gasteiger partial charge in [-0.2, -0.15) is 4.98 Å². The predicted octanol–water partition coefficient (Wildman–Crippen LogP) is 0.885. The Labute approximate surface area is 84.9 Å². The van der Waals surface area contributed by atoms with Gasteiger partial charge in [-0.3, -0.25) is 5.43 Å². The molecule has 0 amide bonds. The lowest BCUT2D eigenvalue weighted by Crippen LogP contribution is -2.15. The fourth-order valence-electron chi connectivity index (χ4n) is 1.53. The molecule has 0 atom stereocenters. The van der Waals surface area contributed by atoms with E-state index in [9.17, 15) is 0 Å². The molecule has 3 rings (SSSR count). The average molecular weight is 207 g/mol. The first-order chi connectivity index (χ1) is 7.36. The highest BCUT2D eigenvalue weighted by atomic mass is 16.6. The lowest BCUT2D eigenvalue weighted by Gasteiger charge is -2.17. The van der Waals surface area contributed by atoms with Gasteiger partial charge >= 0.3 is 6.01 Å². The molecule has 2 heterocycles. The second kappa shape index (κ2) is 3.03. The third kappa shape index (κ3) is 1.26. The molecule has 3 N–H and O–H groups in total. The number of hydrogen-bond donors (Lipinski definition) is 2. The molecular weight excluding hydrogens is 198 g/mol. The third-order valence-electron chi connectivity index (χ3n) is 2.18. The van der Waals surface area contributed by atoms with E-state index in [-0.39, 0.29) is 6.01 Å². The van der Waals surface area contributed by atoms with Crippen LogP contribution in [0.25, 0.3) is 11.1 Å². The second-order valence-electron chi connectivity index (χ2n) is 3.13. The molecule has 0 aliphatic carbocycles. The standard InChI is InChI=1S/C9H9N3O3/c10-12-9-11-5-3-7-8(4-6(5)15-9)14-2-1-13-7/h3-4H,1-2,10H2,(H,11,12). The van der Waals surface area contributed by atoms with E-state index in [2.05, 4.69) is 10.4 Å². The van der Waals surface area contributed by atoms with Gasteiger partial charge in [0.25, 0.3) is 0 Å². The molecule has 78 valence electrons. The van der Waals surface area contributed by atoms with E-state index in [1.54, 1.807) is 12.1 Å². The number of aromatic nitrogens is 1. The summed E-state index contributed by atoms with van der Waals surface area (Å²) in [6, 6.07) is 3.79. The Morgan fingerprint density at radius 1 is 1.20 bits per heavy atom. The zero-order valence-corrected chi connectivity index (χ0v) is 7.82. The number of nitrogens with one attached hydrogen (secondary N) is 1. The summed E-state index contributed by atoms with van der Waals surface area (Å²) in [4.78, 5) is 4.10. The van der Waals surface area contributed by atoms with Crippen molar-refractivity contribution in [2.45, 2.75) is 0 Å². The number of hydrazine groups is 1. The summed E-state index contributed by atoms with van der Waals surface area (Å²) >= 11 is 0. The van der Waals surface area contributed by atoms with Crippen LogP contribution >= 0.6 is 0 Å². The molecule has 0 saturated heterocycles. The Bertz CT molecular complexity index is 466. The van der Waals surface area contributed by atoms with Crippen LogP contribution < -0.4 is 20.7 Å². The van der Waals surface area contributed by atoms with Crippen molar-refractivity contribution in [1.29, 1.82) is 0 Å². The number of hydrogen-bond acceptors (Lipinski definition) is 6. The van der Waals surface area contributed by atoms with Crippen molar-refractivity contribution in [2.24, 2.45) is 5.84 Å². The van der Waals surface area contributed by atoms with Crippen molar-refractivity contribution in [1.82, 2.24) is 4.98 Å². The van der Waals surface area contributed by atoms with E-state index in [0.29, 0.717) is 35.8 Å². The molecule has 6 nitrogen and oxygen atoms in total. The second-order valence-corrected chi connectivity index (χ2v) is 3.13. The van der Waals surface area contributed by atoms with Crippen molar-refractivity contribution in [3.05, 3.63) is 12.1 Å². The van der Waals surface area contributed by atoms with Gasteiger partial charge in [0.05, 0.1) is 0 Å². The number of oxazole rings is 1. The van der Waals surface area contributed by atoms with Crippen LogP contribution in [0.2, 0.25) is 0 Å². The monoisotopic (exact) mass is 207 g/mol. The largest absolute Gasteiger partial charge is 0.486 e. The minimum absolute atomic E-state index is 0.271. The summed E-state index contributed by atoms with van der Waals surface area (Å²) in [6.07, 6.45) is 0. The highest BCUT2D eigenvalue weighted by Crippen LogP contribution is 2.35. The molecule has 0 unspecified atom stereocenters. The van der Waals surface area contributed by atoms with Crippen LogP contribution in [-0.2, 0) is 0 Å². The number of nitrogens with two attached hydrogens (primary N) is 1. The maximum atomic E-state index is 5.42. The summed E-state index contributed by atoms with van der Waals surface area (Å²) in [5.74, 6) is 6.56. The molecule has 6 heteroatoms. The smallest absolute Gasteiger partial charge is 0.310 e. The quantitative estimate of drug-likeness (QED) is 0.533. The Balaban J connectivity index is 2.19. The lowest BCUT2D eigenvalue weighted by molar-refractivity contribution is 0.172. The number of benzene rings is 1. The van der Waals surface area contributed by atoms with Gasteiger partial charge in [0.1, 0.15) is 18.7 Å². The van der Waals surface area contributed by atoms with Crippen molar-refractivity contribution in [2.75, 3.05) is 18.6 Å². The van der Waals surface area contributed by atoms with Crippen LogP contribution in [0.5, 0.6) is 11.5 Å². The maximum Gasteiger partial charge on any atom is 0.310 e. The van der Waals surface area contributed by atoms with E-state index in [1.807, 2.05) is 0 Å². The topological polar surface area (TPSA) is 82.5 Å². The molecule has 0 bridgehead atoms. The number of ether oxygens (including phenoxy) is 2. The van der Waals surface area contributed by atoms with Crippen LogP contribution in [-0.4, -0.2) is 18.2 Å². The van der Waals surface area contributed by atoms with Gasteiger partial charge in [0, 0.05) is 12.1 Å². The first-order valence-electron chi connectivity index (χ1n) is 4.53. The Morgan fingerprint density at radius 3 is 2.67 bits per heavy atom. The Morgan fingerprint density at radius 2 is 1.93 bits per heavy atom. The van der Waals surface area contributed by atoms with Crippen LogP contribution in [0.1, 0.15) is 0 Å². The van der Waals surface area contributed by atoms with E-state index in [1.165, 1.54) is 0 Å². The maximum absolute atomic E-state index is 5.42. The van der Waals surface area contributed by atoms with Gasteiger partial charge in [0.15, 0.2) is 17.1 Å². The molecule has 0 radical (unpaired) electrons. The highest BCUT2D eigenvalue weighted by molar-refractivity contribution is 5.79. The highest BCUT2D eigenvalue weighted by Gasteiger charge is 2.15. The molecule has 1 aliphatic heterocycles. The van der Waals surface area contributed by atoms with E-state index < -0.39 is 0 Å². The van der Waals surface area contributed by atoms with Crippen molar-refractivity contribution >= 4 is 17.1 Å². The van der Waals surface area contributed by atoms with Gasteiger partial charge in [-0.25, -0.2) is 5.84 Å². The van der Waals surface area contributed by atoms with Gasteiger partial charge in [-0.15, -0.1) is 0 Å². The molecule has 0 spiro atoms. The number of anilines is 1. The molecule has 2 aromatic rings. The summed E-state index contributed by atoms with van der Waals surface area (Å²) in [5, 5.41) is 0. The fraction of sp³-hybridized carbons (Fsp3) is 0.222. The van der Waals surface area contributed by atoms with Crippen molar-refractivity contribution in [3.63, 3.8) is 0 Å². The summed E-state index contributed by atoms with van der Waals surface area (Å²) in [5.41, 5.74) is 3.65. The van der Waals surface area contributed by atoms with Crippen LogP contribution in [0.15, 0.2) is 16.5 Å². The van der Waals surface area contributed by atoms with E-state index >= 15 is 0 Å². The Kier molecular flexibility index (Phi) is 1.69. The first-order valence-corrected chi connectivity index (χ1v) is 4.53. The molecular formula is C9H9N3O3. The van der Waals surface area contributed by atoms with Crippen LogP contribution in [0.4, 0.5) is 6.01 Å². The minimum Gasteiger partial charge on any atom is -0.486 e. The SMILES string of the molecule is NNc1nc2cc3c(cc2o1)OCCO3. The van der Waals surface area contributed by atoms with Crippen molar-refractivity contribution in [3.8, 4) is 11.5 Å². The van der Waals surface area contributed by atoms with Gasteiger partial charge in [-0.1, -0.05) is 0 Å². The van der Waals surface area contributed by atoms with Gasteiger partial charge in [0.2, 0.25) is 0 Å². The normalized spacial score (nSPS) is 14.2. The van der Waals surface area contributed by atoms with Crippen molar-refractivity contribution < 1.29 is 13.9 Å². The average Bonchev–Trinajstić information content (AvgIpc) is 2.67. The predicted molar refractivity (Wildman–Crippen MR) is 52.8 cm³/mol. The molecule has 15 heavy (non-hydrogen) atoms. The molecule has 0 fully saturated rings.